The Morgan fingerprint density at radius 1 is 1.36 bits per heavy atom. The molecule has 0 spiro atoms. The minimum atomic E-state index is -0.531. The number of para-hydroxylation sites is 1. The van der Waals surface area contributed by atoms with Gasteiger partial charge in [-0.25, -0.2) is 9.78 Å². The normalized spacial score (nSPS) is 13.9. The second-order valence-electron chi connectivity index (χ2n) is 5.09. The van der Waals surface area contributed by atoms with Crippen molar-refractivity contribution in [1.82, 2.24) is 10.3 Å². The number of carbonyl (C=O) groups is 3. The second-order valence-corrected chi connectivity index (χ2v) is 6.12. The van der Waals surface area contributed by atoms with E-state index in [4.69, 9.17) is 0 Å². The average Bonchev–Trinajstić information content (AvgIpc) is 3.29. The Labute approximate surface area is 130 Å². The van der Waals surface area contributed by atoms with Crippen LogP contribution in [0.15, 0.2) is 18.2 Å². The molecule has 7 heteroatoms. The van der Waals surface area contributed by atoms with E-state index < -0.39 is 5.97 Å². The molecular weight excluding hydrogens is 304 g/mol. The van der Waals surface area contributed by atoms with Crippen molar-refractivity contribution >= 4 is 39.2 Å². The second kappa shape index (κ2) is 5.84. The minimum Gasteiger partial charge on any atom is -0.464 e. The van der Waals surface area contributed by atoms with Crippen molar-refractivity contribution in [3.63, 3.8) is 0 Å². The number of esters is 1. The van der Waals surface area contributed by atoms with Crippen molar-refractivity contribution in [2.45, 2.75) is 12.8 Å². The first-order chi connectivity index (χ1) is 10.6. The van der Waals surface area contributed by atoms with Gasteiger partial charge in [0, 0.05) is 5.92 Å². The van der Waals surface area contributed by atoms with Crippen LogP contribution in [0.3, 0.4) is 0 Å². The van der Waals surface area contributed by atoms with Crippen molar-refractivity contribution in [2.75, 3.05) is 13.7 Å². The summed E-state index contributed by atoms with van der Waals surface area (Å²) in [4.78, 5) is 39.6. The van der Waals surface area contributed by atoms with E-state index >= 15 is 0 Å². The number of hydrogen-bond acceptors (Lipinski definition) is 6. The number of ketones is 1. The summed E-state index contributed by atoms with van der Waals surface area (Å²) >= 11 is 1.17. The first-order valence-electron chi connectivity index (χ1n) is 6.89. The van der Waals surface area contributed by atoms with Gasteiger partial charge in [-0.3, -0.25) is 9.59 Å². The highest BCUT2D eigenvalue weighted by atomic mass is 32.1. The number of hydrogen-bond donors (Lipinski definition) is 1. The maximum atomic E-state index is 12.2. The number of rotatable bonds is 5. The van der Waals surface area contributed by atoms with E-state index in [0.717, 1.165) is 17.5 Å². The Hall–Kier alpha value is -2.28. The Morgan fingerprint density at radius 3 is 2.82 bits per heavy atom. The standard InChI is InChI=1S/C15H14N2O4S/c1-21-15(20)14-17-12-9(3-2-4-11(12)22-14)13(19)16-7-10(18)8-5-6-8/h2-4,8H,5-7H2,1H3,(H,16,19). The van der Waals surface area contributed by atoms with Gasteiger partial charge < -0.3 is 10.1 Å². The van der Waals surface area contributed by atoms with Crippen molar-refractivity contribution in [1.29, 1.82) is 0 Å². The lowest BCUT2D eigenvalue weighted by Gasteiger charge is -2.04. The van der Waals surface area contributed by atoms with Gasteiger partial charge in [-0.15, -0.1) is 11.3 Å². The van der Waals surface area contributed by atoms with Gasteiger partial charge in [0.2, 0.25) is 5.01 Å². The minimum absolute atomic E-state index is 0.0356. The molecule has 0 aliphatic heterocycles. The zero-order valence-corrected chi connectivity index (χ0v) is 12.7. The number of Topliss-reactive ketones (excluding diaryl/α,β-unsaturated/α-hetero) is 1. The number of methoxy groups -OCH3 is 1. The molecule has 1 aliphatic carbocycles. The van der Waals surface area contributed by atoms with E-state index in [9.17, 15) is 14.4 Å². The summed E-state index contributed by atoms with van der Waals surface area (Å²) < 4.78 is 5.37. The third-order valence-corrected chi connectivity index (χ3v) is 4.48. The van der Waals surface area contributed by atoms with E-state index in [0.29, 0.717) is 11.1 Å². The highest BCUT2D eigenvalue weighted by Gasteiger charge is 2.29. The summed E-state index contributed by atoms with van der Waals surface area (Å²) in [5, 5.41) is 2.83. The number of fused-ring (bicyclic) bond motifs is 1. The summed E-state index contributed by atoms with van der Waals surface area (Å²) in [5.74, 6) is -0.715. The Balaban J connectivity index is 1.82. The number of aromatic nitrogens is 1. The molecule has 6 nitrogen and oxygen atoms in total. The van der Waals surface area contributed by atoms with Crippen LogP contribution in [0.2, 0.25) is 0 Å². The first kappa shape index (κ1) is 14.6. The number of ether oxygens (including phenoxy) is 1. The van der Waals surface area contributed by atoms with Crippen LogP contribution in [0.5, 0.6) is 0 Å². The molecule has 1 aromatic heterocycles. The van der Waals surface area contributed by atoms with Crippen molar-refractivity contribution < 1.29 is 19.1 Å². The molecule has 22 heavy (non-hydrogen) atoms. The van der Waals surface area contributed by atoms with Gasteiger partial charge in [0.15, 0.2) is 5.78 Å². The quantitative estimate of drug-likeness (QED) is 0.850. The van der Waals surface area contributed by atoms with Crippen LogP contribution >= 0.6 is 11.3 Å². The first-order valence-corrected chi connectivity index (χ1v) is 7.70. The van der Waals surface area contributed by atoms with Crippen LogP contribution in [0.1, 0.15) is 33.0 Å². The molecule has 0 radical (unpaired) electrons. The van der Waals surface area contributed by atoms with E-state index in [1.54, 1.807) is 18.2 Å². The van der Waals surface area contributed by atoms with Gasteiger partial charge in [-0.1, -0.05) is 6.07 Å². The van der Waals surface area contributed by atoms with Crippen LogP contribution in [0.4, 0.5) is 0 Å². The van der Waals surface area contributed by atoms with E-state index in [-0.39, 0.29) is 29.2 Å². The number of nitrogens with zero attached hydrogens (tertiary/aromatic N) is 1. The molecule has 2 aromatic rings. The van der Waals surface area contributed by atoms with Crippen LogP contribution in [-0.4, -0.2) is 36.3 Å². The van der Waals surface area contributed by atoms with Gasteiger partial charge >= 0.3 is 5.97 Å². The topological polar surface area (TPSA) is 85.4 Å². The molecule has 114 valence electrons. The lowest BCUT2D eigenvalue weighted by molar-refractivity contribution is -0.119. The lowest BCUT2D eigenvalue weighted by atomic mass is 10.1. The van der Waals surface area contributed by atoms with Crippen molar-refractivity contribution in [3.05, 3.63) is 28.8 Å². The van der Waals surface area contributed by atoms with Gasteiger partial charge in [0.1, 0.15) is 0 Å². The van der Waals surface area contributed by atoms with Crippen molar-refractivity contribution in [2.24, 2.45) is 5.92 Å². The molecule has 1 amide bonds. The number of nitrogens with one attached hydrogen (secondary N) is 1. The number of benzene rings is 1. The molecule has 1 fully saturated rings. The molecular formula is C15H14N2O4S. The summed E-state index contributed by atoms with van der Waals surface area (Å²) in [7, 11) is 1.28. The fourth-order valence-electron chi connectivity index (χ4n) is 2.12. The molecule has 0 saturated heterocycles. The number of thiazole rings is 1. The molecule has 1 aromatic carbocycles. The highest BCUT2D eigenvalue weighted by molar-refractivity contribution is 7.20. The predicted molar refractivity (Wildman–Crippen MR) is 81.0 cm³/mol. The molecule has 1 N–H and O–H groups in total. The largest absolute Gasteiger partial charge is 0.464 e. The molecule has 1 heterocycles. The summed E-state index contributed by atoms with van der Waals surface area (Å²) in [6, 6.07) is 5.13. The Bertz CT molecular complexity index is 764. The number of amides is 1. The maximum absolute atomic E-state index is 12.2. The Kier molecular flexibility index (Phi) is 3.89. The van der Waals surface area contributed by atoms with Crippen LogP contribution < -0.4 is 5.32 Å². The van der Waals surface area contributed by atoms with Crippen LogP contribution in [0, 0.1) is 5.92 Å². The monoisotopic (exact) mass is 318 g/mol. The summed E-state index contributed by atoms with van der Waals surface area (Å²) in [6.45, 7) is 0.0356. The third kappa shape index (κ3) is 2.85. The smallest absolute Gasteiger partial charge is 0.367 e. The van der Waals surface area contributed by atoms with Crippen LogP contribution in [0.25, 0.3) is 10.2 Å². The Morgan fingerprint density at radius 2 is 2.14 bits per heavy atom. The van der Waals surface area contributed by atoms with E-state index in [1.165, 1.54) is 18.4 Å². The molecule has 1 aliphatic rings. The lowest BCUT2D eigenvalue weighted by Crippen LogP contribution is -2.30. The van der Waals surface area contributed by atoms with E-state index in [1.807, 2.05) is 0 Å². The average molecular weight is 318 g/mol. The molecule has 3 rings (SSSR count). The third-order valence-electron chi connectivity index (χ3n) is 3.48. The molecule has 0 unspecified atom stereocenters. The van der Waals surface area contributed by atoms with Crippen LogP contribution in [-0.2, 0) is 9.53 Å². The fraction of sp³-hybridized carbons (Fsp3) is 0.333. The molecule has 0 bridgehead atoms. The highest BCUT2D eigenvalue weighted by Crippen LogP contribution is 2.29. The zero-order chi connectivity index (χ0) is 15.7. The maximum Gasteiger partial charge on any atom is 0.367 e. The zero-order valence-electron chi connectivity index (χ0n) is 11.9. The van der Waals surface area contributed by atoms with Crippen molar-refractivity contribution in [3.8, 4) is 0 Å². The van der Waals surface area contributed by atoms with Gasteiger partial charge in [-0.05, 0) is 25.0 Å². The molecule has 1 saturated carbocycles. The van der Waals surface area contributed by atoms with E-state index in [2.05, 4.69) is 15.0 Å². The predicted octanol–water partition coefficient (Wildman–Crippen LogP) is 1.79. The summed E-state index contributed by atoms with van der Waals surface area (Å²) in [5.41, 5.74) is 0.803. The summed E-state index contributed by atoms with van der Waals surface area (Å²) in [6.07, 6.45) is 1.83. The van der Waals surface area contributed by atoms with Gasteiger partial charge in [0.05, 0.1) is 29.4 Å². The molecule has 0 atom stereocenters. The van der Waals surface area contributed by atoms with Gasteiger partial charge in [-0.2, -0.15) is 0 Å². The SMILES string of the molecule is COC(=O)c1nc2c(C(=O)NCC(=O)C3CC3)cccc2s1. The fourth-order valence-corrected chi connectivity index (χ4v) is 3.03. The van der Waals surface area contributed by atoms with Gasteiger partial charge in [0.25, 0.3) is 5.91 Å². The number of carbonyl (C=O) groups excluding carboxylic acids is 3.